The molecular formula is C15H18N4O3S. The molecule has 0 spiro atoms. The summed E-state index contributed by atoms with van der Waals surface area (Å²) in [5, 5.41) is 0.721. The highest BCUT2D eigenvalue weighted by Gasteiger charge is 2.12. The third kappa shape index (κ3) is 4.56. The van der Waals surface area contributed by atoms with E-state index in [9.17, 15) is 9.59 Å². The smallest absolute Gasteiger partial charge is 0.305 e. The summed E-state index contributed by atoms with van der Waals surface area (Å²) in [5.74, 6) is -0.654. The molecule has 7 nitrogen and oxygen atoms in total. The van der Waals surface area contributed by atoms with Crippen molar-refractivity contribution in [1.29, 1.82) is 0 Å². The van der Waals surface area contributed by atoms with Crippen molar-refractivity contribution < 1.29 is 14.0 Å². The van der Waals surface area contributed by atoms with Crippen LogP contribution in [0, 0.1) is 13.8 Å². The predicted octanol–water partition coefficient (Wildman–Crippen LogP) is 1.80. The molecule has 0 aliphatic carbocycles. The van der Waals surface area contributed by atoms with Crippen molar-refractivity contribution in [2.75, 3.05) is 6.26 Å². The number of hydrogen-bond donors (Lipinski definition) is 2. The van der Waals surface area contributed by atoms with Gasteiger partial charge in [0.25, 0.3) is 0 Å². The number of carbonyl (C=O) groups is 2. The molecule has 0 bridgehead atoms. The number of aromatic nitrogens is 2. The van der Waals surface area contributed by atoms with Crippen molar-refractivity contribution in [1.82, 2.24) is 20.8 Å². The Morgan fingerprint density at radius 3 is 2.48 bits per heavy atom. The number of hydrazine groups is 1. The van der Waals surface area contributed by atoms with Crippen molar-refractivity contribution in [2.24, 2.45) is 0 Å². The summed E-state index contributed by atoms with van der Waals surface area (Å²) >= 11 is 1.48. The van der Waals surface area contributed by atoms with Gasteiger partial charge in [0, 0.05) is 17.8 Å². The molecular weight excluding hydrogens is 316 g/mol. The van der Waals surface area contributed by atoms with Gasteiger partial charge in [0.2, 0.25) is 5.91 Å². The van der Waals surface area contributed by atoms with Gasteiger partial charge in [-0.15, -0.1) is 0 Å². The maximum Gasteiger partial charge on any atom is 0.305 e. The second-order valence-corrected chi connectivity index (χ2v) is 5.61. The Hall–Kier alpha value is -2.35. The SMILES string of the molecule is CSc1nc(C)c(CCC(=O)NNC(=O)c2ccco2)c(C)n1. The monoisotopic (exact) mass is 334 g/mol. The van der Waals surface area contributed by atoms with Gasteiger partial charge >= 0.3 is 5.91 Å². The highest BCUT2D eigenvalue weighted by molar-refractivity contribution is 7.98. The molecule has 0 unspecified atom stereocenters. The third-order valence-corrected chi connectivity index (χ3v) is 3.79. The summed E-state index contributed by atoms with van der Waals surface area (Å²) in [6, 6.07) is 3.11. The van der Waals surface area contributed by atoms with E-state index >= 15 is 0 Å². The second-order valence-electron chi connectivity index (χ2n) is 4.84. The molecule has 0 aromatic carbocycles. The van der Waals surface area contributed by atoms with Crippen LogP contribution in [0.5, 0.6) is 0 Å². The maximum atomic E-state index is 11.8. The fourth-order valence-corrected chi connectivity index (χ4v) is 2.52. The number of furan rings is 1. The molecule has 23 heavy (non-hydrogen) atoms. The zero-order chi connectivity index (χ0) is 16.8. The van der Waals surface area contributed by atoms with Gasteiger partial charge in [-0.2, -0.15) is 0 Å². The minimum atomic E-state index is -0.497. The number of nitrogens with zero attached hydrogens (tertiary/aromatic N) is 2. The summed E-state index contributed by atoms with van der Waals surface area (Å²) in [5.41, 5.74) is 7.35. The van der Waals surface area contributed by atoms with Crippen LogP contribution in [-0.2, 0) is 11.2 Å². The zero-order valence-corrected chi connectivity index (χ0v) is 14.0. The Bertz CT molecular complexity index is 678. The van der Waals surface area contributed by atoms with Gasteiger partial charge in [0.05, 0.1) is 6.26 Å². The van der Waals surface area contributed by atoms with Gasteiger partial charge in [-0.05, 0) is 44.2 Å². The van der Waals surface area contributed by atoms with Crippen LogP contribution in [0.2, 0.25) is 0 Å². The lowest BCUT2D eigenvalue weighted by Gasteiger charge is -2.10. The highest BCUT2D eigenvalue weighted by Crippen LogP contribution is 2.16. The first kappa shape index (κ1) is 17.0. The quantitative estimate of drug-likeness (QED) is 0.492. The van der Waals surface area contributed by atoms with Crippen LogP contribution in [-0.4, -0.2) is 28.0 Å². The third-order valence-electron chi connectivity index (χ3n) is 3.25. The zero-order valence-electron chi connectivity index (χ0n) is 13.2. The van der Waals surface area contributed by atoms with E-state index in [1.54, 1.807) is 6.07 Å². The van der Waals surface area contributed by atoms with E-state index in [4.69, 9.17) is 4.42 Å². The molecule has 2 heterocycles. The lowest BCUT2D eigenvalue weighted by Crippen LogP contribution is -2.41. The Balaban J connectivity index is 1.86. The van der Waals surface area contributed by atoms with Crippen LogP contribution in [0.1, 0.15) is 33.9 Å². The topological polar surface area (TPSA) is 97.1 Å². The van der Waals surface area contributed by atoms with E-state index < -0.39 is 5.91 Å². The molecule has 2 rings (SSSR count). The molecule has 0 aliphatic rings. The van der Waals surface area contributed by atoms with Crippen molar-refractivity contribution in [3.05, 3.63) is 41.1 Å². The number of rotatable bonds is 5. The van der Waals surface area contributed by atoms with Crippen LogP contribution in [0.25, 0.3) is 0 Å². The average molecular weight is 334 g/mol. The number of carbonyl (C=O) groups excluding carboxylic acids is 2. The summed E-state index contributed by atoms with van der Waals surface area (Å²) in [6.45, 7) is 3.81. The van der Waals surface area contributed by atoms with E-state index in [0.29, 0.717) is 6.42 Å². The molecule has 0 atom stereocenters. The first-order valence-electron chi connectivity index (χ1n) is 7.02. The van der Waals surface area contributed by atoms with Gasteiger partial charge in [-0.25, -0.2) is 9.97 Å². The largest absolute Gasteiger partial charge is 0.459 e. The summed E-state index contributed by atoms with van der Waals surface area (Å²) in [4.78, 5) is 32.2. The molecule has 0 fully saturated rings. The second kappa shape index (κ2) is 7.77. The molecule has 2 aromatic heterocycles. The number of hydrogen-bond acceptors (Lipinski definition) is 6. The lowest BCUT2D eigenvalue weighted by atomic mass is 10.1. The molecule has 122 valence electrons. The normalized spacial score (nSPS) is 10.4. The summed E-state index contributed by atoms with van der Waals surface area (Å²) in [7, 11) is 0. The van der Waals surface area contributed by atoms with E-state index in [2.05, 4.69) is 20.8 Å². The molecule has 8 heteroatoms. The van der Waals surface area contributed by atoms with Crippen molar-refractivity contribution in [3.63, 3.8) is 0 Å². The van der Waals surface area contributed by atoms with E-state index in [-0.39, 0.29) is 18.1 Å². The number of thioether (sulfide) groups is 1. The minimum Gasteiger partial charge on any atom is -0.459 e. The van der Waals surface area contributed by atoms with E-state index in [1.807, 2.05) is 20.1 Å². The highest BCUT2D eigenvalue weighted by atomic mass is 32.2. The molecule has 0 radical (unpaired) electrons. The molecule has 0 saturated heterocycles. The average Bonchev–Trinajstić information content (AvgIpc) is 3.06. The number of nitrogens with one attached hydrogen (secondary N) is 2. The van der Waals surface area contributed by atoms with Crippen molar-refractivity contribution >= 4 is 23.6 Å². The minimum absolute atomic E-state index is 0.137. The van der Waals surface area contributed by atoms with Crippen LogP contribution in [0.15, 0.2) is 28.0 Å². The van der Waals surface area contributed by atoms with Crippen LogP contribution < -0.4 is 10.9 Å². The van der Waals surface area contributed by atoms with Gasteiger partial charge in [0.1, 0.15) is 0 Å². The molecule has 2 amide bonds. The van der Waals surface area contributed by atoms with Crippen molar-refractivity contribution in [3.8, 4) is 0 Å². The molecule has 2 aromatic rings. The fourth-order valence-electron chi connectivity index (χ4n) is 2.06. The predicted molar refractivity (Wildman–Crippen MR) is 85.9 cm³/mol. The Morgan fingerprint density at radius 2 is 1.91 bits per heavy atom. The summed E-state index contributed by atoms with van der Waals surface area (Å²) < 4.78 is 4.93. The molecule has 0 saturated carbocycles. The number of amides is 2. The fraction of sp³-hybridized carbons (Fsp3) is 0.333. The van der Waals surface area contributed by atoms with E-state index in [1.165, 1.54) is 24.1 Å². The van der Waals surface area contributed by atoms with Crippen LogP contribution in [0.4, 0.5) is 0 Å². The van der Waals surface area contributed by atoms with Gasteiger partial charge in [-0.1, -0.05) is 11.8 Å². The van der Waals surface area contributed by atoms with Gasteiger partial charge < -0.3 is 4.42 Å². The van der Waals surface area contributed by atoms with Crippen LogP contribution >= 0.6 is 11.8 Å². The van der Waals surface area contributed by atoms with Gasteiger partial charge in [-0.3, -0.25) is 20.4 Å². The lowest BCUT2D eigenvalue weighted by molar-refractivity contribution is -0.121. The Morgan fingerprint density at radius 1 is 1.22 bits per heavy atom. The molecule has 2 N–H and O–H groups in total. The first-order valence-corrected chi connectivity index (χ1v) is 8.24. The number of aryl methyl sites for hydroxylation is 2. The summed E-state index contributed by atoms with van der Waals surface area (Å²) in [6.07, 6.45) is 4.04. The Labute approximate surface area is 138 Å². The Kier molecular flexibility index (Phi) is 5.75. The van der Waals surface area contributed by atoms with E-state index in [0.717, 1.165) is 22.1 Å². The van der Waals surface area contributed by atoms with Crippen LogP contribution in [0.3, 0.4) is 0 Å². The first-order chi connectivity index (χ1) is 11.0. The molecule has 0 aliphatic heterocycles. The van der Waals surface area contributed by atoms with Crippen molar-refractivity contribution in [2.45, 2.75) is 31.8 Å². The maximum absolute atomic E-state index is 11.8. The van der Waals surface area contributed by atoms with Gasteiger partial charge in [0.15, 0.2) is 10.9 Å². The standard InChI is InChI=1S/C15H18N4O3S/c1-9-11(10(2)17-15(16-9)23-3)6-7-13(20)18-19-14(21)12-5-4-8-22-12/h4-5,8H,6-7H2,1-3H3,(H,18,20)(H,19,21).